The first-order valence-corrected chi connectivity index (χ1v) is 10.3. The number of rotatable bonds is 7. The molecule has 0 atom stereocenters. The van der Waals surface area contributed by atoms with Crippen LogP contribution >= 0.6 is 0 Å². The third kappa shape index (κ3) is 4.41. The number of azo groups is 1. The van der Waals surface area contributed by atoms with Crippen molar-refractivity contribution < 1.29 is 10.0 Å². The number of hydrogen-bond acceptors (Lipinski definition) is 8. The minimum Gasteiger partial charge on any atom is -0.365 e. The Morgan fingerprint density at radius 1 is 1.24 bits per heavy atom. The number of benzene rings is 1. The Morgan fingerprint density at radius 3 is 2.79 bits per heavy atom. The van der Waals surface area contributed by atoms with Crippen molar-refractivity contribution in [3.05, 3.63) is 79.5 Å². The highest BCUT2D eigenvalue weighted by Crippen LogP contribution is 2.24. The van der Waals surface area contributed by atoms with Gasteiger partial charge in [0.25, 0.3) is 5.56 Å². The molecule has 0 bridgehead atoms. The Hall–Kier alpha value is -4.18. The summed E-state index contributed by atoms with van der Waals surface area (Å²) in [6, 6.07) is 7.45. The zero-order valence-electron chi connectivity index (χ0n) is 18.3. The molecule has 4 N–H and O–H groups in total. The van der Waals surface area contributed by atoms with Crippen LogP contribution in [0.2, 0.25) is 0 Å². The summed E-state index contributed by atoms with van der Waals surface area (Å²) in [6.45, 7) is 8.05. The molecule has 10 heteroatoms. The average molecular weight is 445 g/mol. The molecule has 1 aliphatic rings. The summed E-state index contributed by atoms with van der Waals surface area (Å²) in [6.07, 6.45) is 2.26. The van der Waals surface area contributed by atoms with E-state index >= 15 is 0 Å². The molecule has 10 nitrogen and oxygen atoms in total. The molecular weight excluding hydrogens is 422 g/mol. The molecule has 0 fully saturated rings. The van der Waals surface area contributed by atoms with E-state index in [4.69, 9.17) is 5.21 Å². The van der Waals surface area contributed by atoms with Crippen molar-refractivity contribution in [2.45, 2.75) is 26.7 Å². The molecule has 0 radical (unpaired) electrons. The summed E-state index contributed by atoms with van der Waals surface area (Å²) in [7, 11) is 0. The molecule has 0 saturated heterocycles. The van der Waals surface area contributed by atoms with E-state index in [-0.39, 0.29) is 17.8 Å². The number of H-pyrrole nitrogens is 1. The maximum atomic E-state index is 12.5. The van der Waals surface area contributed by atoms with Crippen LogP contribution in [0.25, 0.3) is 12.3 Å². The summed E-state index contributed by atoms with van der Waals surface area (Å²) in [4.78, 5) is 36.1. The van der Waals surface area contributed by atoms with Crippen molar-refractivity contribution in [1.29, 1.82) is 0 Å². The van der Waals surface area contributed by atoms with Gasteiger partial charge in [0.05, 0.1) is 12.1 Å². The van der Waals surface area contributed by atoms with Gasteiger partial charge in [0.15, 0.2) is 5.82 Å². The number of carbonyl (C=O) groups excluding carboxylic acids is 1. The predicted molar refractivity (Wildman–Crippen MR) is 123 cm³/mol. The van der Waals surface area contributed by atoms with Crippen LogP contribution in [0.1, 0.15) is 28.2 Å². The van der Waals surface area contributed by atoms with E-state index < -0.39 is 5.91 Å². The lowest BCUT2D eigenvalue weighted by atomic mass is 9.97. The lowest BCUT2D eigenvalue weighted by Gasteiger charge is -2.11. The van der Waals surface area contributed by atoms with Crippen LogP contribution in [0.3, 0.4) is 0 Å². The fraction of sp³-hybridized carbons (Fsp3) is 0.217. The third-order valence-electron chi connectivity index (χ3n) is 5.48. The molecule has 1 aliphatic heterocycles. The number of fused-ring (bicyclic) bond motifs is 1. The molecule has 3 heterocycles. The highest BCUT2D eigenvalue weighted by Gasteiger charge is 2.22. The number of pyridine rings is 1. The van der Waals surface area contributed by atoms with Gasteiger partial charge >= 0.3 is 0 Å². The zero-order valence-corrected chi connectivity index (χ0v) is 18.3. The van der Waals surface area contributed by atoms with Gasteiger partial charge in [-0.2, -0.15) is 0 Å². The Morgan fingerprint density at radius 2 is 2.06 bits per heavy atom. The van der Waals surface area contributed by atoms with Crippen LogP contribution in [-0.2, 0) is 17.6 Å². The van der Waals surface area contributed by atoms with Crippen LogP contribution in [0.5, 0.6) is 0 Å². The molecule has 33 heavy (non-hydrogen) atoms. The van der Waals surface area contributed by atoms with Crippen LogP contribution in [0.4, 0.5) is 11.5 Å². The Balaban J connectivity index is 1.77. The van der Waals surface area contributed by atoms with Gasteiger partial charge in [0.2, 0.25) is 5.91 Å². The van der Waals surface area contributed by atoms with Gasteiger partial charge in [-0.25, -0.2) is 10.5 Å². The number of amides is 1. The van der Waals surface area contributed by atoms with E-state index in [1.807, 2.05) is 25.1 Å². The fourth-order valence-electron chi connectivity index (χ4n) is 3.71. The number of hydrogen-bond donors (Lipinski definition) is 4. The smallest absolute Gasteiger partial charge is 0.290 e. The molecule has 168 valence electrons. The zero-order chi connectivity index (χ0) is 23.5. The molecule has 0 unspecified atom stereocenters. The van der Waals surface area contributed by atoms with Crippen LogP contribution < -0.4 is 26.8 Å². The number of nitrogens with zero attached hydrogens (tertiary/aromatic N) is 4. The lowest BCUT2D eigenvalue weighted by molar-refractivity contribution is -0.128. The highest BCUT2D eigenvalue weighted by molar-refractivity contribution is 5.80. The monoisotopic (exact) mass is 445 g/mol. The second-order valence-electron chi connectivity index (χ2n) is 7.68. The standard InChI is InChI=1S/C23H23N7O3/c1-12-10-17-19(16(13(12)2)11-18(31)30-33)21(29-28-17)20-14(3)26-23(32)22(27-20)25-9-7-15-6-4-5-8-24-15/h4-6,8,10,33H,1,7,9,11H2,2-3H3,(H,25,27)(H,26,32)(H,30,31). The summed E-state index contributed by atoms with van der Waals surface area (Å²) < 4.78 is 0. The SMILES string of the molecule is C=c1cc2c(c(CC(=O)NO)c1C)=C(c1nc(NCCc3ccccn3)c(=O)[nH]c1C)N=N2. The maximum absolute atomic E-state index is 12.5. The number of nitrogens with one attached hydrogen (secondary N) is 3. The lowest BCUT2D eigenvalue weighted by Crippen LogP contribution is -2.28. The Labute approximate surface area is 188 Å². The van der Waals surface area contributed by atoms with E-state index in [1.54, 1.807) is 24.7 Å². The van der Waals surface area contributed by atoms with E-state index in [9.17, 15) is 9.59 Å². The first-order valence-electron chi connectivity index (χ1n) is 10.3. The van der Waals surface area contributed by atoms with E-state index in [0.717, 1.165) is 11.3 Å². The molecular formula is C23H23N7O3. The van der Waals surface area contributed by atoms with Crippen molar-refractivity contribution in [3.8, 4) is 0 Å². The largest absolute Gasteiger partial charge is 0.365 e. The van der Waals surface area contributed by atoms with Gasteiger partial charge in [-0.05, 0) is 48.4 Å². The number of aromatic amines is 1. The Bertz CT molecular complexity index is 1430. The molecule has 0 aliphatic carbocycles. The molecule has 4 rings (SSSR count). The minimum atomic E-state index is -0.569. The number of hydroxylamine groups is 1. The summed E-state index contributed by atoms with van der Waals surface area (Å²) in [5.41, 5.74) is 5.60. The first-order chi connectivity index (χ1) is 15.9. The summed E-state index contributed by atoms with van der Waals surface area (Å²) in [5.74, 6) is -0.414. The van der Waals surface area contributed by atoms with Crippen molar-refractivity contribution in [2.24, 2.45) is 10.2 Å². The first kappa shape index (κ1) is 22.0. The number of carbonyl (C=O) groups is 1. The van der Waals surface area contributed by atoms with Gasteiger partial charge in [0, 0.05) is 35.8 Å². The van der Waals surface area contributed by atoms with Gasteiger partial charge in [-0.3, -0.25) is 19.8 Å². The molecule has 1 aromatic carbocycles. The quantitative estimate of drug-likeness (QED) is 0.317. The maximum Gasteiger partial charge on any atom is 0.290 e. The van der Waals surface area contributed by atoms with Crippen molar-refractivity contribution >= 4 is 29.7 Å². The Kier molecular flexibility index (Phi) is 6.09. The minimum absolute atomic E-state index is 0.0832. The van der Waals surface area contributed by atoms with Crippen molar-refractivity contribution in [2.75, 3.05) is 11.9 Å². The molecule has 2 aromatic heterocycles. The van der Waals surface area contributed by atoms with Gasteiger partial charge in [-0.1, -0.05) is 12.6 Å². The van der Waals surface area contributed by atoms with E-state index in [2.05, 4.69) is 37.1 Å². The number of anilines is 1. The van der Waals surface area contributed by atoms with Gasteiger partial charge < -0.3 is 10.3 Å². The third-order valence-corrected chi connectivity index (χ3v) is 5.48. The molecule has 3 aromatic rings. The van der Waals surface area contributed by atoms with Crippen molar-refractivity contribution in [1.82, 2.24) is 20.4 Å². The van der Waals surface area contributed by atoms with E-state index in [1.165, 1.54) is 0 Å². The van der Waals surface area contributed by atoms with Crippen LogP contribution in [0.15, 0.2) is 45.5 Å². The summed E-state index contributed by atoms with van der Waals surface area (Å²) in [5, 5.41) is 22.0. The number of aryl methyl sites for hydroxylation is 1. The van der Waals surface area contributed by atoms with Gasteiger partial charge in [-0.15, -0.1) is 10.2 Å². The molecule has 0 saturated carbocycles. The average Bonchev–Trinajstić information content (AvgIpc) is 3.22. The molecule has 1 amide bonds. The van der Waals surface area contributed by atoms with Crippen LogP contribution in [-0.4, -0.2) is 32.6 Å². The van der Waals surface area contributed by atoms with Gasteiger partial charge in [0.1, 0.15) is 11.4 Å². The molecule has 0 spiro atoms. The fourth-order valence-corrected chi connectivity index (χ4v) is 3.71. The topological polar surface area (TPSA) is 145 Å². The second kappa shape index (κ2) is 9.13. The van der Waals surface area contributed by atoms with E-state index in [0.29, 0.717) is 51.7 Å². The second-order valence-corrected chi connectivity index (χ2v) is 7.68. The van der Waals surface area contributed by atoms with Crippen molar-refractivity contribution in [3.63, 3.8) is 0 Å². The predicted octanol–water partition coefficient (Wildman–Crippen LogP) is 1.15. The van der Waals surface area contributed by atoms with Crippen LogP contribution in [0, 0.1) is 13.8 Å². The normalized spacial score (nSPS) is 12.0. The number of aromatic nitrogens is 3. The highest BCUT2D eigenvalue weighted by atomic mass is 16.5. The summed E-state index contributed by atoms with van der Waals surface area (Å²) >= 11 is 0.